The Morgan fingerprint density at radius 2 is 2.05 bits per heavy atom. The molecule has 0 saturated carbocycles. The first-order valence-electron chi connectivity index (χ1n) is 5.87. The lowest BCUT2D eigenvalue weighted by Gasteiger charge is -2.06. The number of halogens is 1. The summed E-state index contributed by atoms with van der Waals surface area (Å²) in [7, 11) is 0. The molecule has 6 nitrogen and oxygen atoms in total. The van der Waals surface area contributed by atoms with E-state index in [1.54, 1.807) is 18.5 Å². The van der Waals surface area contributed by atoms with Crippen molar-refractivity contribution in [3.63, 3.8) is 0 Å². The van der Waals surface area contributed by atoms with Crippen LogP contribution in [0.3, 0.4) is 0 Å². The van der Waals surface area contributed by atoms with Crippen LogP contribution in [-0.4, -0.2) is 24.7 Å². The van der Waals surface area contributed by atoms with Crippen LogP contribution in [0.25, 0.3) is 5.95 Å². The van der Waals surface area contributed by atoms with Crippen molar-refractivity contribution in [3.8, 4) is 17.7 Å². The van der Waals surface area contributed by atoms with E-state index in [9.17, 15) is 0 Å². The molecule has 3 aromatic rings. The number of benzene rings is 1. The lowest BCUT2D eigenvalue weighted by atomic mass is 10.2. The molecule has 0 aliphatic rings. The molecule has 0 saturated heterocycles. The Labute approximate surface area is 120 Å². The standard InChI is InChI=1S/C13H10ClN5O/c1-9-4-2-5-10(8-9)20-13-17-11(14)16-12(18-13)19-7-3-6-15-19/h2-8H,1H3. The molecule has 0 aliphatic carbocycles. The molecule has 0 radical (unpaired) electrons. The molecule has 100 valence electrons. The Balaban J connectivity index is 1.94. The third kappa shape index (κ3) is 2.75. The second-order valence-corrected chi connectivity index (χ2v) is 4.39. The topological polar surface area (TPSA) is 65.7 Å². The quantitative estimate of drug-likeness (QED) is 0.741. The van der Waals surface area contributed by atoms with Gasteiger partial charge in [0.25, 0.3) is 5.95 Å². The highest BCUT2D eigenvalue weighted by atomic mass is 35.5. The lowest BCUT2D eigenvalue weighted by molar-refractivity contribution is 0.437. The van der Waals surface area contributed by atoms with Crippen LogP contribution in [0.2, 0.25) is 5.28 Å². The maximum absolute atomic E-state index is 5.88. The molecular weight excluding hydrogens is 278 g/mol. The van der Waals surface area contributed by atoms with Crippen LogP contribution in [0.4, 0.5) is 0 Å². The highest BCUT2D eigenvalue weighted by molar-refractivity contribution is 6.28. The number of ether oxygens (including phenoxy) is 1. The van der Waals surface area contributed by atoms with E-state index in [0.29, 0.717) is 11.7 Å². The van der Waals surface area contributed by atoms with Crippen LogP contribution in [0, 0.1) is 6.92 Å². The van der Waals surface area contributed by atoms with Crippen LogP contribution >= 0.6 is 11.6 Å². The molecule has 0 amide bonds. The summed E-state index contributed by atoms with van der Waals surface area (Å²) in [5.74, 6) is 0.941. The van der Waals surface area contributed by atoms with Crippen molar-refractivity contribution in [3.05, 3.63) is 53.6 Å². The molecule has 3 rings (SSSR count). The highest BCUT2D eigenvalue weighted by Crippen LogP contribution is 2.20. The third-order valence-electron chi connectivity index (χ3n) is 2.48. The van der Waals surface area contributed by atoms with Gasteiger partial charge in [-0.05, 0) is 42.3 Å². The van der Waals surface area contributed by atoms with E-state index in [0.717, 1.165) is 5.56 Å². The maximum Gasteiger partial charge on any atom is 0.328 e. The molecule has 20 heavy (non-hydrogen) atoms. The fourth-order valence-electron chi connectivity index (χ4n) is 1.64. The zero-order chi connectivity index (χ0) is 13.9. The molecular formula is C13H10ClN5O. The Morgan fingerprint density at radius 1 is 1.15 bits per heavy atom. The van der Waals surface area contributed by atoms with Gasteiger partial charge in [0.1, 0.15) is 5.75 Å². The smallest absolute Gasteiger partial charge is 0.328 e. The average molecular weight is 288 g/mol. The first kappa shape index (κ1) is 12.6. The van der Waals surface area contributed by atoms with Crippen molar-refractivity contribution >= 4 is 11.6 Å². The van der Waals surface area contributed by atoms with Crippen LogP contribution < -0.4 is 4.74 Å². The molecule has 1 aromatic carbocycles. The Bertz CT molecular complexity index is 729. The minimum absolute atomic E-state index is 0.0492. The predicted molar refractivity (Wildman–Crippen MR) is 73.2 cm³/mol. The normalized spacial score (nSPS) is 10.5. The van der Waals surface area contributed by atoms with Gasteiger partial charge in [-0.25, -0.2) is 4.68 Å². The Kier molecular flexibility index (Phi) is 3.30. The summed E-state index contributed by atoms with van der Waals surface area (Å²) in [4.78, 5) is 12.1. The molecule has 0 fully saturated rings. The third-order valence-corrected chi connectivity index (χ3v) is 2.65. The van der Waals surface area contributed by atoms with Gasteiger partial charge in [-0.3, -0.25) is 0 Å². The molecule has 0 aliphatic heterocycles. The number of hydrogen-bond acceptors (Lipinski definition) is 5. The second kappa shape index (κ2) is 5.26. The number of nitrogens with zero attached hydrogens (tertiary/aromatic N) is 5. The zero-order valence-corrected chi connectivity index (χ0v) is 11.3. The van der Waals surface area contributed by atoms with Gasteiger partial charge in [-0.15, -0.1) is 0 Å². The molecule has 0 N–H and O–H groups in total. The summed E-state index contributed by atoms with van der Waals surface area (Å²) in [5.41, 5.74) is 1.08. The first-order chi connectivity index (χ1) is 9.70. The highest BCUT2D eigenvalue weighted by Gasteiger charge is 2.09. The number of rotatable bonds is 3. The molecule has 0 spiro atoms. The lowest BCUT2D eigenvalue weighted by Crippen LogP contribution is -2.05. The minimum atomic E-state index is 0.0492. The fraction of sp³-hybridized carbons (Fsp3) is 0.0769. The van der Waals surface area contributed by atoms with Crippen LogP contribution in [0.1, 0.15) is 5.56 Å². The van der Waals surface area contributed by atoms with Gasteiger partial charge in [0, 0.05) is 12.4 Å². The van der Waals surface area contributed by atoms with Crippen molar-refractivity contribution in [2.24, 2.45) is 0 Å². The molecule has 0 unspecified atom stereocenters. The molecule has 0 atom stereocenters. The summed E-state index contributed by atoms with van der Waals surface area (Å²) in [6, 6.07) is 9.45. The van der Waals surface area contributed by atoms with E-state index in [-0.39, 0.29) is 11.3 Å². The second-order valence-electron chi connectivity index (χ2n) is 4.06. The number of aromatic nitrogens is 5. The molecule has 7 heteroatoms. The summed E-state index contributed by atoms with van der Waals surface area (Å²) < 4.78 is 7.07. The van der Waals surface area contributed by atoms with Crippen molar-refractivity contribution in [1.82, 2.24) is 24.7 Å². The van der Waals surface area contributed by atoms with Gasteiger partial charge in [-0.1, -0.05) is 12.1 Å². The summed E-state index contributed by atoms with van der Waals surface area (Å²) >= 11 is 5.88. The zero-order valence-electron chi connectivity index (χ0n) is 10.6. The van der Waals surface area contributed by atoms with Crippen molar-refractivity contribution in [1.29, 1.82) is 0 Å². The van der Waals surface area contributed by atoms with Gasteiger partial charge in [0.05, 0.1) is 0 Å². The SMILES string of the molecule is Cc1cccc(Oc2nc(Cl)nc(-n3cccn3)n2)c1. The predicted octanol–water partition coefficient (Wildman–Crippen LogP) is 2.81. The van der Waals surface area contributed by atoms with E-state index < -0.39 is 0 Å². The fourth-order valence-corrected chi connectivity index (χ4v) is 1.79. The van der Waals surface area contributed by atoms with E-state index in [1.807, 2.05) is 31.2 Å². The first-order valence-corrected chi connectivity index (χ1v) is 6.24. The van der Waals surface area contributed by atoms with E-state index in [1.165, 1.54) is 4.68 Å². The monoisotopic (exact) mass is 287 g/mol. The van der Waals surface area contributed by atoms with Crippen LogP contribution in [0.15, 0.2) is 42.7 Å². The molecule has 2 aromatic heterocycles. The number of hydrogen-bond donors (Lipinski definition) is 0. The van der Waals surface area contributed by atoms with Gasteiger partial charge >= 0.3 is 6.01 Å². The number of aryl methyl sites for hydroxylation is 1. The largest absolute Gasteiger partial charge is 0.424 e. The summed E-state index contributed by atoms with van der Waals surface area (Å²) in [5, 5.41) is 4.09. The van der Waals surface area contributed by atoms with Crippen molar-refractivity contribution in [2.45, 2.75) is 6.92 Å². The van der Waals surface area contributed by atoms with Gasteiger partial charge in [-0.2, -0.15) is 20.1 Å². The maximum atomic E-state index is 5.88. The van der Waals surface area contributed by atoms with Crippen LogP contribution in [0.5, 0.6) is 11.8 Å². The van der Waals surface area contributed by atoms with Gasteiger partial charge < -0.3 is 4.74 Å². The van der Waals surface area contributed by atoms with Crippen molar-refractivity contribution < 1.29 is 4.74 Å². The van der Waals surface area contributed by atoms with E-state index >= 15 is 0 Å². The van der Waals surface area contributed by atoms with Gasteiger partial charge in [0.15, 0.2) is 0 Å². The van der Waals surface area contributed by atoms with E-state index in [2.05, 4.69) is 20.1 Å². The summed E-state index contributed by atoms with van der Waals surface area (Å²) in [6.45, 7) is 1.97. The Morgan fingerprint density at radius 3 is 2.80 bits per heavy atom. The average Bonchev–Trinajstić information content (AvgIpc) is 2.91. The van der Waals surface area contributed by atoms with Gasteiger partial charge in [0.2, 0.25) is 5.28 Å². The van der Waals surface area contributed by atoms with Crippen LogP contribution in [-0.2, 0) is 0 Å². The van der Waals surface area contributed by atoms with Crippen molar-refractivity contribution in [2.75, 3.05) is 0 Å². The summed E-state index contributed by atoms with van der Waals surface area (Å²) in [6.07, 6.45) is 3.33. The minimum Gasteiger partial charge on any atom is -0.424 e. The molecule has 0 bridgehead atoms. The molecule has 2 heterocycles. The Hall–Kier alpha value is -2.47. The van der Waals surface area contributed by atoms with E-state index in [4.69, 9.17) is 16.3 Å².